The molecule has 0 radical (unpaired) electrons. The van der Waals surface area contributed by atoms with Gasteiger partial charge in [0.15, 0.2) is 0 Å². The lowest BCUT2D eigenvalue weighted by Crippen LogP contribution is -2.34. The van der Waals surface area contributed by atoms with Crippen LogP contribution in [0.4, 0.5) is 0 Å². The molecule has 21 heavy (non-hydrogen) atoms. The molecule has 0 saturated heterocycles. The van der Waals surface area contributed by atoms with Gasteiger partial charge in [0, 0.05) is 18.5 Å². The molecule has 0 fully saturated rings. The van der Waals surface area contributed by atoms with Crippen molar-refractivity contribution in [3.05, 3.63) is 35.2 Å². The van der Waals surface area contributed by atoms with Crippen LogP contribution in [0.2, 0.25) is 0 Å². The summed E-state index contributed by atoms with van der Waals surface area (Å²) in [6.45, 7) is 0.398. The third-order valence-corrected chi connectivity index (χ3v) is 3.95. The number of amides is 1. The summed E-state index contributed by atoms with van der Waals surface area (Å²) in [7, 11) is 1.59. The maximum Gasteiger partial charge on any atom is 0.303 e. The average molecular weight is 307 g/mol. The van der Waals surface area contributed by atoms with Crippen LogP contribution >= 0.6 is 11.8 Å². The van der Waals surface area contributed by atoms with E-state index in [4.69, 9.17) is 9.84 Å². The van der Waals surface area contributed by atoms with Crippen LogP contribution in [0.25, 0.3) is 5.70 Å². The van der Waals surface area contributed by atoms with Gasteiger partial charge in [-0.3, -0.25) is 9.59 Å². The number of benzene rings is 1. The first-order chi connectivity index (χ1) is 10.1. The van der Waals surface area contributed by atoms with E-state index in [2.05, 4.69) is 0 Å². The molecule has 1 N–H and O–H groups in total. The molecule has 1 aromatic carbocycles. The number of carboxylic acids is 1. The van der Waals surface area contributed by atoms with E-state index in [0.29, 0.717) is 24.5 Å². The van der Waals surface area contributed by atoms with Crippen molar-refractivity contribution in [1.82, 2.24) is 4.90 Å². The molecular formula is C15H17NO4S. The Kier molecular flexibility index (Phi) is 5.27. The number of carbonyl (C=O) groups excluding carboxylic acids is 1. The number of carbonyl (C=O) groups is 2. The Morgan fingerprint density at radius 2 is 2.19 bits per heavy atom. The van der Waals surface area contributed by atoms with E-state index in [1.807, 2.05) is 29.7 Å². The van der Waals surface area contributed by atoms with Crippen molar-refractivity contribution in [2.45, 2.75) is 12.8 Å². The second-order valence-corrected chi connectivity index (χ2v) is 5.41. The molecule has 0 bridgehead atoms. The van der Waals surface area contributed by atoms with Crippen molar-refractivity contribution < 1.29 is 19.4 Å². The molecule has 5 nitrogen and oxygen atoms in total. The van der Waals surface area contributed by atoms with Gasteiger partial charge in [0.25, 0.3) is 0 Å². The highest BCUT2D eigenvalue weighted by molar-refractivity contribution is 8.03. The Bertz CT molecular complexity index is 571. The molecule has 1 aliphatic rings. The highest BCUT2D eigenvalue weighted by Gasteiger charge is 2.24. The Balaban J connectivity index is 2.23. The zero-order valence-electron chi connectivity index (χ0n) is 11.7. The minimum absolute atomic E-state index is 0.00575. The molecule has 2 rings (SSSR count). The predicted molar refractivity (Wildman–Crippen MR) is 82.0 cm³/mol. The molecule has 1 heterocycles. The summed E-state index contributed by atoms with van der Waals surface area (Å²) < 4.78 is 5.34. The minimum atomic E-state index is -0.850. The quantitative estimate of drug-likeness (QED) is 0.874. The molecule has 6 heteroatoms. The van der Waals surface area contributed by atoms with Gasteiger partial charge in [0.05, 0.1) is 18.6 Å². The number of hydrogen-bond donors (Lipinski definition) is 1. The molecule has 1 amide bonds. The maximum absolute atomic E-state index is 12.1. The monoisotopic (exact) mass is 307 g/mol. The van der Waals surface area contributed by atoms with Crippen LogP contribution in [0.15, 0.2) is 29.7 Å². The summed E-state index contributed by atoms with van der Waals surface area (Å²) in [5.41, 5.74) is 1.62. The Morgan fingerprint density at radius 3 is 2.90 bits per heavy atom. The maximum atomic E-state index is 12.1. The topological polar surface area (TPSA) is 66.8 Å². The molecule has 0 aliphatic carbocycles. The number of ether oxygens (including phenoxy) is 1. The first kappa shape index (κ1) is 15.4. The summed E-state index contributed by atoms with van der Waals surface area (Å²) in [6.07, 6.45) is 0.481. The zero-order valence-corrected chi connectivity index (χ0v) is 12.6. The van der Waals surface area contributed by atoms with E-state index in [1.165, 1.54) is 11.8 Å². The standard InChI is InChI=1S/C15H17NO4S/c1-20-13-6-3-2-5-11(13)12-9-21-10-14(17)16(12)8-4-7-15(18)19/h2-3,5-6,9H,4,7-8,10H2,1H3,(H,18,19). The van der Waals surface area contributed by atoms with Crippen molar-refractivity contribution >= 4 is 29.3 Å². The lowest BCUT2D eigenvalue weighted by atomic mass is 10.1. The molecule has 0 spiro atoms. The summed E-state index contributed by atoms with van der Waals surface area (Å²) in [5.74, 6) is 0.221. The molecule has 0 saturated carbocycles. The van der Waals surface area contributed by atoms with E-state index in [9.17, 15) is 9.59 Å². The van der Waals surface area contributed by atoms with Gasteiger partial charge in [-0.1, -0.05) is 12.1 Å². The van der Waals surface area contributed by atoms with Crippen LogP contribution in [-0.4, -0.2) is 41.3 Å². The highest BCUT2D eigenvalue weighted by atomic mass is 32.2. The fourth-order valence-corrected chi connectivity index (χ4v) is 2.96. The Labute approximate surface area is 127 Å². The van der Waals surface area contributed by atoms with Crippen molar-refractivity contribution in [1.29, 1.82) is 0 Å². The molecule has 112 valence electrons. The lowest BCUT2D eigenvalue weighted by Gasteiger charge is -2.29. The van der Waals surface area contributed by atoms with E-state index < -0.39 is 5.97 Å². The summed E-state index contributed by atoms with van der Waals surface area (Å²) in [4.78, 5) is 24.4. The van der Waals surface area contributed by atoms with Gasteiger partial charge in [-0.05, 0) is 24.0 Å². The van der Waals surface area contributed by atoms with Crippen LogP contribution in [-0.2, 0) is 9.59 Å². The SMILES string of the molecule is COc1ccccc1C1=CSCC(=O)N1CCCC(=O)O. The summed E-state index contributed by atoms with van der Waals surface area (Å²) in [5, 5.41) is 10.7. The number of methoxy groups -OCH3 is 1. The van der Waals surface area contributed by atoms with Crippen LogP contribution in [0.5, 0.6) is 5.75 Å². The van der Waals surface area contributed by atoms with Gasteiger partial charge in [0.2, 0.25) is 5.91 Å². The number of aliphatic carboxylic acids is 1. The number of carboxylic acid groups (broad SMARTS) is 1. The first-order valence-electron chi connectivity index (χ1n) is 6.61. The van der Waals surface area contributed by atoms with Crippen molar-refractivity contribution in [2.75, 3.05) is 19.4 Å². The first-order valence-corrected chi connectivity index (χ1v) is 7.65. The highest BCUT2D eigenvalue weighted by Crippen LogP contribution is 2.33. The molecule has 0 unspecified atom stereocenters. The lowest BCUT2D eigenvalue weighted by molar-refractivity contribution is -0.137. The number of nitrogens with zero attached hydrogens (tertiary/aromatic N) is 1. The van der Waals surface area contributed by atoms with Gasteiger partial charge in [-0.2, -0.15) is 0 Å². The predicted octanol–water partition coefficient (Wildman–Crippen LogP) is 2.43. The van der Waals surface area contributed by atoms with Gasteiger partial charge in [-0.25, -0.2) is 0 Å². The molecule has 1 aliphatic heterocycles. The normalized spacial score (nSPS) is 14.8. The molecular weight excluding hydrogens is 290 g/mol. The summed E-state index contributed by atoms with van der Waals surface area (Å²) >= 11 is 1.44. The number of thioether (sulfide) groups is 1. The van der Waals surface area contributed by atoms with Crippen molar-refractivity contribution in [3.63, 3.8) is 0 Å². The van der Waals surface area contributed by atoms with Crippen molar-refractivity contribution in [2.24, 2.45) is 0 Å². The molecule has 1 aromatic rings. The third-order valence-electron chi connectivity index (χ3n) is 3.15. The van der Waals surface area contributed by atoms with E-state index in [0.717, 1.165) is 11.3 Å². The van der Waals surface area contributed by atoms with Gasteiger partial charge in [-0.15, -0.1) is 11.8 Å². The van der Waals surface area contributed by atoms with Crippen LogP contribution in [0.1, 0.15) is 18.4 Å². The van der Waals surface area contributed by atoms with Gasteiger partial charge >= 0.3 is 5.97 Å². The Hall–Kier alpha value is -1.95. The van der Waals surface area contributed by atoms with Crippen LogP contribution in [0.3, 0.4) is 0 Å². The van der Waals surface area contributed by atoms with Crippen LogP contribution < -0.4 is 4.74 Å². The smallest absolute Gasteiger partial charge is 0.303 e. The summed E-state index contributed by atoms with van der Waals surface area (Å²) in [6, 6.07) is 7.50. The van der Waals surface area contributed by atoms with Gasteiger partial charge in [0.1, 0.15) is 5.75 Å². The second kappa shape index (κ2) is 7.17. The van der Waals surface area contributed by atoms with Crippen LogP contribution in [0, 0.1) is 0 Å². The average Bonchev–Trinajstić information content (AvgIpc) is 2.48. The molecule has 0 atom stereocenters. The fourth-order valence-electron chi connectivity index (χ4n) is 2.17. The number of hydrogen-bond acceptors (Lipinski definition) is 4. The fraction of sp³-hybridized carbons (Fsp3) is 0.333. The van der Waals surface area contributed by atoms with Gasteiger partial charge < -0.3 is 14.7 Å². The molecule has 0 aromatic heterocycles. The Morgan fingerprint density at radius 1 is 1.43 bits per heavy atom. The van der Waals surface area contributed by atoms with E-state index >= 15 is 0 Å². The minimum Gasteiger partial charge on any atom is -0.496 e. The number of rotatable bonds is 6. The largest absolute Gasteiger partial charge is 0.496 e. The number of para-hydroxylation sites is 1. The third kappa shape index (κ3) is 3.78. The second-order valence-electron chi connectivity index (χ2n) is 4.56. The van der Waals surface area contributed by atoms with Crippen molar-refractivity contribution in [3.8, 4) is 5.75 Å². The van der Waals surface area contributed by atoms with E-state index in [-0.39, 0.29) is 12.3 Å². The van der Waals surface area contributed by atoms with E-state index in [1.54, 1.807) is 12.0 Å². The zero-order chi connectivity index (χ0) is 15.2.